The van der Waals surface area contributed by atoms with E-state index >= 15 is 0 Å². The summed E-state index contributed by atoms with van der Waals surface area (Å²) >= 11 is 0. The lowest BCUT2D eigenvalue weighted by molar-refractivity contribution is 0.0600. The average molecular weight is 267 g/mol. The zero-order valence-corrected chi connectivity index (χ0v) is 11.3. The number of nitrogens with two attached hydrogens (primary N) is 1. The number of hydrogen-bond acceptors (Lipinski definition) is 3. The summed E-state index contributed by atoms with van der Waals surface area (Å²) in [6.07, 6.45) is 4.65. The van der Waals surface area contributed by atoms with Gasteiger partial charge in [-0.25, -0.2) is 4.39 Å². The summed E-state index contributed by atoms with van der Waals surface area (Å²) in [5.41, 5.74) is 6.36. The normalized spacial score (nSPS) is 20.0. The van der Waals surface area contributed by atoms with Crippen LogP contribution in [0.1, 0.15) is 43.7 Å². The van der Waals surface area contributed by atoms with Crippen molar-refractivity contribution in [3.05, 3.63) is 29.6 Å². The van der Waals surface area contributed by atoms with Gasteiger partial charge in [0.25, 0.3) is 0 Å². The first-order valence-electron chi connectivity index (χ1n) is 6.91. The highest BCUT2D eigenvalue weighted by atomic mass is 19.1. The second-order valence-electron chi connectivity index (χ2n) is 5.27. The number of hydrogen-bond donors (Lipinski definition) is 2. The number of aliphatic hydroxyl groups excluding tert-OH is 1. The van der Waals surface area contributed by atoms with Gasteiger partial charge in [-0.15, -0.1) is 0 Å². The number of aliphatic hydroxyl groups is 1. The summed E-state index contributed by atoms with van der Waals surface area (Å²) < 4.78 is 19.1. The summed E-state index contributed by atoms with van der Waals surface area (Å²) in [4.78, 5) is 0. The van der Waals surface area contributed by atoms with E-state index in [1.165, 1.54) is 19.6 Å². The van der Waals surface area contributed by atoms with Crippen LogP contribution in [0.15, 0.2) is 18.2 Å². The summed E-state index contributed by atoms with van der Waals surface area (Å²) in [7, 11) is 1.48. The monoisotopic (exact) mass is 267 g/mol. The zero-order chi connectivity index (χ0) is 13.8. The third kappa shape index (κ3) is 3.07. The van der Waals surface area contributed by atoms with Gasteiger partial charge in [-0.05, 0) is 30.9 Å². The van der Waals surface area contributed by atoms with E-state index in [-0.39, 0.29) is 11.5 Å². The smallest absolute Gasteiger partial charge is 0.131 e. The van der Waals surface area contributed by atoms with Crippen LogP contribution in [-0.2, 0) is 0 Å². The minimum Gasteiger partial charge on any atom is -0.496 e. The molecule has 0 unspecified atom stereocenters. The maximum absolute atomic E-state index is 13.9. The largest absolute Gasteiger partial charge is 0.496 e. The van der Waals surface area contributed by atoms with Gasteiger partial charge in [0.05, 0.1) is 19.3 Å². The van der Waals surface area contributed by atoms with Gasteiger partial charge >= 0.3 is 0 Å². The molecule has 0 amide bonds. The van der Waals surface area contributed by atoms with Crippen molar-refractivity contribution in [1.29, 1.82) is 0 Å². The molecule has 1 aliphatic rings. The Morgan fingerprint density at radius 2 is 2.00 bits per heavy atom. The molecule has 0 aliphatic heterocycles. The Labute approximate surface area is 113 Å². The molecule has 1 aromatic carbocycles. The molecule has 0 heterocycles. The third-order valence-corrected chi connectivity index (χ3v) is 4.07. The van der Waals surface area contributed by atoms with E-state index in [0.717, 1.165) is 25.7 Å². The third-order valence-electron chi connectivity index (χ3n) is 4.07. The van der Waals surface area contributed by atoms with Crippen molar-refractivity contribution in [3.63, 3.8) is 0 Å². The van der Waals surface area contributed by atoms with Crippen molar-refractivity contribution >= 4 is 0 Å². The molecule has 1 saturated carbocycles. The lowest BCUT2D eigenvalue weighted by atomic mass is 9.81. The van der Waals surface area contributed by atoms with Crippen molar-refractivity contribution in [2.75, 3.05) is 7.11 Å². The van der Waals surface area contributed by atoms with Crippen LogP contribution < -0.4 is 10.5 Å². The lowest BCUT2D eigenvalue weighted by Crippen LogP contribution is -2.35. The Hall–Kier alpha value is -1.13. The number of rotatable bonds is 4. The molecule has 0 spiro atoms. The van der Waals surface area contributed by atoms with Crippen molar-refractivity contribution in [2.24, 2.45) is 11.7 Å². The molecular formula is C15H22FNO2. The van der Waals surface area contributed by atoms with Crippen LogP contribution in [0.5, 0.6) is 5.75 Å². The molecule has 2 atom stereocenters. The summed E-state index contributed by atoms with van der Waals surface area (Å²) in [5, 5.41) is 10.4. The van der Waals surface area contributed by atoms with Gasteiger partial charge in [0.15, 0.2) is 0 Å². The molecule has 0 radical (unpaired) electrons. The van der Waals surface area contributed by atoms with Gasteiger partial charge in [-0.1, -0.05) is 25.3 Å². The Morgan fingerprint density at radius 3 is 2.63 bits per heavy atom. The SMILES string of the molecule is COc1cccc(F)c1[C@@H](N)[C@@H](O)C1CCCCC1. The fraction of sp³-hybridized carbons (Fsp3) is 0.600. The highest BCUT2D eigenvalue weighted by Gasteiger charge is 2.30. The summed E-state index contributed by atoms with van der Waals surface area (Å²) in [6, 6.07) is 3.87. The molecule has 1 aromatic rings. The van der Waals surface area contributed by atoms with Crippen molar-refractivity contribution in [2.45, 2.75) is 44.2 Å². The molecule has 0 saturated heterocycles. The molecule has 0 bridgehead atoms. The van der Waals surface area contributed by atoms with Gasteiger partial charge in [0.1, 0.15) is 11.6 Å². The molecule has 1 aliphatic carbocycles. The predicted octanol–water partition coefficient (Wildman–Crippen LogP) is 2.78. The highest BCUT2D eigenvalue weighted by Crippen LogP contribution is 2.35. The van der Waals surface area contributed by atoms with Crippen LogP contribution in [0.3, 0.4) is 0 Å². The van der Waals surface area contributed by atoms with Crippen LogP contribution >= 0.6 is 0 Å². The Morgan fingerprint density at radius 1 is 1.32 bits per heavy atom. The van der Waals surface area contributed by atoms with E-state index in [1.807, 2.05) is 0 Å². The standard InChI is InChI=1S/C15H22FNO2/c1-19-12-9-5-8-11(16)13(12)14(17)15(18)10-6-3-2-4-7-10/h5,8-10,14-15,18H,2-4,6-7,17H2,1H3/t14-,15+/m1/s1. The van der Waals surface area contributed by atoms with E-state index in [1.54, 1.807) is 12.1 Å². The maximum Gasteiger partial charge on any atom is 0.131 e. The van der Waals surface area contributed by atoms with Crippen LogP contribution in [0.25, 0.3) is 0 Å². The molecule has 3 nitrogen and oxygen atoms in total. The van der Waals surface area contributed by atoms with Crippen LogP contribution in [0.2, 0.25) is 0 Å². The quantitative estimate of drug-likeness (QED) is 0.882. The maximum atomic E-state index is 13.9. The number of ether oxygens (including phenoxy) is 1. The molecule has 106 valence electrons. The van der Waals surface area contributed by atoms with Gasteiger partial charge in [0, 0.05) is 5.56 Å². The van der Waals surface area contributed by atoms with E-state index in [9.17, 15) is 9.50 Å². The van der Waals surface area contributed by atoms with Gasteiger partial charge < -0.3 is 15.6 Å². The molecule has 1 fully saturated rings. The minimum absolute atomic E-state index is 0.160. The first kappa shape index (κ1) is 14.3. The van der Waals surface area contributed by atoms with Crippen LogP contribution in [0, 0.1) is 11.7 Å². The Balaban J connectivity index is 2.20. The topological polar surface area (TPSA) is 55.5 Å². The van der Waals surface area contributed by atoms with E-state index < -0.39 is 18.0 Å². The van der Waals surface area contributed by atoms with E-state index in [4.69, 9.17) is 10.5 Å². The fourth-order valence-electron chi connectivity index (χ4n) is 2.96. The molecule has 0 aromatic heterocycles. The minimum atomic E-state index is -0.737. The predicted molar refractivity (Wildman–Crippen MR) is 72.5 cm³/mol. The van der Waals surface area contributed by atoms with Gasteiger partial charge in [0.2, 0.25) is 0 Å². The second-order valence-corrected chi connectivity index (χ2v) is 5.27. The second kappa shape index (κ2) is 6.35. The number of benzene rings is 1. The average Bonchev–Trinajstić information content (AvgIpc) is 2.46. The lowest BCUT2D eigenvalue weighted by Gasteiger charge is -2.31. The van der Waals surface area contributed by atoms with E-state index in [0.29, 0.717) is 5.75 Å². The fourth-order valence-corrected chi connectivity index (χ4v) is 2.96. The number of methoxy groups -OCH3 is 1. The van der Waals surface area contributed by atoms with Crippen LogP contribution in [0.4, 0.5) is 4.39 Å². The number of halogens is 1. The summed E-state index contributed by atoms with van der Waals surface area (Å²) in [5.74, 6) is 0.150. The van der Waals surface area contributed by atoms with Crippen molar-refractivity contribution in [1.82, 2.24) is 0 Å². The molecule has 4 heteroatoms. The van der Waals surface area contributed by atoms with Crippen LogP contribution in [-0.4, -0.2) is 18.3 Å². The Bertz CT molecular complexity index is 419. The molecule has 3 N–H and O–H groups in total. The Kier molecular flexibility index (Phi) is 4.77. The van der Waals surface area contributed by atoms with E-state index in [2.05, 4.69) is 0 Å². The molecular weight excluding hydrogens is 245 g/mol. The summed E-state index contributed by atoms with van der Waals surface area (Å²) in [6.45, 7) is 0. The van der Waals surface area contributed by atoms with Crippen molar-refractivity contribution < 1.29 is 14.2 Å². The zero-order valence-electron chi connectivity index (χ0n) is 11.3. The molecule has 2 rings (SSSR count). The van der Waals surface area contributed by atoms with Crippen molar-refractivity contribution in [3.8, 4) is 5.75 Å². The first-order valence-corrected chi connectivity index (χ1v) is 6.91. The first-order chi connectivity index (χ1) is 9.15. The molecule has 19 heavy (non-hydrogen) atoms. The van der Waals surface area contributed by atoms with Gasteiger partial charge in [-0.3, -0.25) is 0 Å². The highest BCUT2D eigenvalue weighted by molar-refractivity contribution is 5.37. The van der Waals surface area contributed by atoms with Gasteiger partial charge in [-0.2, -0.15) is 0 Å².